The fraction of sp³-hybridized carbons (Fsp3) is 0.333. The highest BCUT2D eigenvalue weighted by molar-refractivity contribution is 6.00. The molecule has 2 aromatic rings. The van der Waals surface area contributed by atoms with Crippen LogP contribution in [0.4, 0.5) is 11.4 Å². The van der Waals surface area contributed by atoms with Crippen LogP contribution in [0, 0.1) is 5.92 Å². The van der Waals surface area contributed by atoms with Crippen LogP contribution in [0.15, 0.2) is 54.6 Å². The fourth-order valence-electron chi connectivity index (χ4n) is 3.12. The summed E-state index contributed by atoms with van der Waals surface area (Å²) in [5, 5.41) is 3.32. The highest BCUT2D eigenvalue weighted by atomic mass is 16.2. The summed E-state index contributed by atoms with van der Waals surface area (Å²) < 4.78 is 0. The second-order valence-corrected chi connectivity index (χ2v) is 6.81. The number of anilines is 2. The van der Waals surface area contributed by atoms with Crippen LogP contribution in [0.25, 0.3) is 0 Å². The fourth-order valence-corrected chi connectivity index (χ4v) is 3.12. The molecule has 26 heavy (non-hydrogen) atoms. The maximum atomic E-state index is 13.0. The minimum Gasteiger partial charge on any atom is -0.355 e. The van der Waals surface area contributed by atoms with Gasteiger partial charge in [-0.05, 0) is 24.3 Å². The third kappa shape index (κ3) is 4.04. The van der Waals surface area contributed by atoms with Crippen molar-refractivity contribution in [3.8, 4) is 0 Å². The Hall–Kier alpha value is -2.82. The van der Waals surface area contributed by atoms with Gasteiger partial charge < -0.3 is 15.1 Å². The Morgan fingerprint density at radius 3 is 2.08 bits per heavy atom. The van der Waals surface area contributed by atoms with Gasteiger partial charge in [-0.2, -0.15) is 0 Å². The van der Waals surface area contributed by atoms with Gasteiger partial charge in [0.2, 0.25) is 5.91 Å². The molecule has 0 aliphatic carbocycles. The molecule has 1 fully saturated rings. The largest absolute Gasteiger partial charge is 0.355 e. The van der Waals surface area contributed by atoms with Gasteiger partial charge in [-0.25, -0.2) is 0 Å². The molecule has 2 aromatic carbocycles. The van der Waals surface area contributed by atoms with Gasteiger partial charge in [0.1, 0.15) is 0 Å². The van der Waals surface area contributed by atoms with E-state index >= 15 is 0 Å². The minimum absolute atomic E-state index is 0.000627. The number of hydrogen-bond acceptors (Lipinski definition) is 3. The minimum atomic E-state index is -0.00644. The molecule has 2 amide bonds. The SMILES string of the molecule is CC(C)C(=O)N1CCN(C(=O)c2ccccc2Nc2ccccc2)CC1. The molecule has 1 aliphatic heterocycles. The first-order valence-corrected chi connectivity index (χ1v) is 9.05. The average molecular weight is 351 g/mol. The van der Waals surface area contributed by atoms with E-state index in [1.807, 2.05) is 78.2 Å². The van der Waals surface area contributed by atoms with E-state index in [-0.39, 0.29) is 17.7 Å². The molecule has 0 radical (unpaired) electrons. The van der Waals surface area contributed by atoms with Gasteiger partial charge in [0, 0.05) is 37.8 Å². The van der Waals surface area contributed by atoms with Crippen LogP contribution in [0.2, 0.25) is 0 Å². The number of benzene rings is 2. The first-order valence-electron chi connectivity index (χ1n) is 9.05. The van der Waals surface area contributed by atoms with Crippen molar-refractivity contribution >= 4 is 23.2 Å². The number of carbonyl (C=O) groups excluding carboxylic acids is 2. The van der Waals surface area contributed by atoms with E-state index in [2.05, 4.69) is 5.32 Å². The Labute approximate surface area is 154 Å². The maximum Gasteiger partial charge on any atom is 0.256 e. The number of piperazine rings is 1. The van der Waals surface area contributed by atoms with Gasteiger partial charge >= 0.3 is 0 Å². The Morgan fingerprint density at radius 1 is 0.846 bits per heavy atom. The van der Waals surface area contributed by atoms with Gasteiger partial charge in [0.05, 0.1) is 11.3 Å². The van der Waals surface area contributed by atoms with Gasteiger partial charge in [0.25, 0.3) is 5.91 Å². The van der Waals surface area contributed by atoms with Crippen LogP contribution in [0.3, 0.4) is 0 Å². The van der Waals surface area contributed by atoms with Crippen molar-refractivity contribution in [3.63, 3.8) is 0 Å². The molecular formula is C21H25N3O2. The summed E-state index contributed by atoms with van der Waals surface area (Å²) in [4.78, 5) is 28.8. The van der Waals surface area contributed by atoms with Crippen LogP contribution in [0.1, 0.15) is 24.2 Å². The summed E-state index contributed by atoms with van der Waals surface area (Å²) in [7, 11) is 0. The number of hydrogen-bond donors (Lipinski definition) is 1. The van der Waals surface area contributed by atoms with Gasteiger partial charge in [-0.15, -0.1) is 0 Å². The summed E-state index contributed by atoms with van der Waals surface area (Å²) in [5.74, 6) is 0.150. The zero-order valence-corrected chi connectivity index (χ0v) is 15.3. The summed E-state index contributed by atoms with van der Waals surface area (Å²) in [6.07, 6.45) is 0. The summed E-state index contributed by atoms with van der Waals surface area (Å²) in [5.41, 5.74) is 2.39. The van der Waals surface area contributed by atoms with Crippen LogP contribution in [-0.2, 0) is 4.79 Å². The van der Waals surface area contributed by atoms with E-state index in [1.54, 1.807) is 0 Å². The predicted molar refractivity (Wildman–Crippen MR) is 103 cm³/mol. The molecule has 136 valence electrons. The number of nitrogens with one attached hydrogen (secondary N) is 1. The van der Waals surface area contributed by atoms with Crippen molar-refractivity contribution in [3.05, 3.63) is 60.2 Å². The smallest absolute Gasteiger partial charge is 0.256 e. The van der Waals surface area contributed by atoms with Crippen LogP contribution in [0.5, 0.6) is 0 Å². The predicted octanol–water partition coefficient (Wildman–Crippen LogP) is 3.37. The zero-order chi connectivity index (χ0) is 18.5. The molecule has 5 nitrogen and oxygen atoms in total. The number of amides is 2. The van der Waals surface area contributed by atoms with Gasteiger partial charge in [-0.3, -0.25) is 9.59 Å². The molecule has 0 spiro atoms. The highest BCUT2D eigenvalue weighted by Crippen LogP contribution is 2.22. The zero-order valence-electron chi connectivity index (χ0n) is 15.3. The molecule has 1 saturated heterocycles. The normalized spacial score (nSPS) is 14.4. The van der Waals surface area contributed by atoms with Crippen molar-refractivity contribution < 1.29 is 9.59 Å². The molecule has 0 saturated carbocycles. The molecular weight excluding hydrogens is 326 g/mol. The summed E-state index contributed by atoms with van der Waals surface area (Å²) >= 11 is 0. The van der Waals surface area contributed by atoms with E-state index in [1.165, 1.54) is 0 Å². The second kappa shape index (κ2) is 8.04. The molecule has 0 unspecified atom stereocenters. The summed E-state index contributed by atoms with van der Waals surface area (Å²) in [6.45, 7) is 6.14. The lowest BCUT2D eigenvalue weighted by atomic mass is 10.1. The van der Waals surface area contributed by atoms with Crippen molar-refractivity contribution in [1.29, 1.82) is 0 Å². The quantitative estimate of drug-likeness (QED) is 0.919. The van der Waals surface area contributed by atoms with E-state index in [0.717, 1.165) is 11.4 Å². The number of nitrogens with zero attached hydrogens (tertiary/aromatic N) is 2. The molecule has 1 heterocycles. The van der Waals surface area contributed by atoms with E-state index < -0.39 is 0 Å². The van der Waals surface area contributed by atoms with E-state index in [4.69, 9.17) is 0 Å². The lowest BCUT2D eigenvalue weighted by Gasteiger charge is -2.36. The number of rotatable bonds is 4. The lowest BCUT2D eigenvalue weighted by molar-refractivity contribution is -0.135. The summed E-state index contributed by atoms with van der Waals surface area (Å²) in [6, 6.07) is 17.4. The Bertz CT molecular complexity index is 766. The number of carbonyl (C=O) groups is 2. The molecule has 3 rings (SSSR count). The topological polar surface area (TPSA) is 52.7 Å². The van der Waals surface area contributed by atoms with E-state index in [9.17, 15) is 9.59 Å². The molecule has 0 bridgehead atoms. The molecule has 5 heteroatoms. The standard InChI is InChI=1S/C21H25N3O2/c1-16(2)20(25)23-12-14-24(15-13-23)21(26)18-10-6-7-11-19(18)22-17-8-4-3-5-9-17/h3-11,16,22H,12-15H2,1-2H3. The number of para-hydroxylation sites is 2. The highest BCUT2D eigenvalue weighted by Gasteiger charge is 2.26. The lowest BCUT2D eigenvalue weighted by Crippen LogP contribution is -2.51. The van der Waals surface area contributed by atoms with Crippen molar-refractivity contribution in [2.24, 2.45) is 5.92 Å². The average Bonchev–Trinajstić information content (AvgIpc) is 2.68. The van der Waals surface area contributed by atoms with Crippen molar-refractivity contribution in [2.45, 2.75) is 13.8 Å². The van der Waals surface area contributed by atoms with Crippen molar-refractivity contribution in [1.82, 2.24) is 9.80 Å². The molecule has 1 N–H and O–H groups in total. The maximum absolute atomic E-state index is 13.0. The van der Waals surface area contributed by atoms with Gasteiger partial charge in [0.15, 0.2) is 0 Å². The molecule has 1 aliphatic rings. The first kappa shape index (κ1) is 18.0. The third-order valence-corrected chi connectivity index (χ3v) is 4.58. The second-order valence-electron chi connectivity index (χ2n) is 6.81. The molecule has 0 atom stereocenters. The Morgan fingerprint density at radius 2 is 1.42 bits per heavy atom. The Balaban J connectivity index is 1.70. The third-order valence-electron chi connectivity index (χ3n) is 4.58. The van der Waals surface area contributed by atoms with Crippen LogP contribution in [-0.4, -0.2) is 47.8 Å². The first-order chi connectivity index (χ1) is 12.6. The van der Waals surface area contributed by atoms with E-state index in [0.29, 0.717) is 31.7 Å². The Kier molecular flexibility index (Phi) is 5.56. The monoisotopic (exact) mass is 351 g/mol. The van der Waals surface area contributed by atoms with Crippen LogP contribution >= 0.6 is 0 Å². The van der Waals surface area contributed by atoms with Crippen LogP contribution < -0.4 is 5.32 Å². The van der Waals surface area contributed by atoms with Crippen molar-refractivity contribution in [2.75, 3.05) is 31.5 Å². The molecule has 0 aromatic heterocycles. The van der Waals surface area contributed by atoms with Gasteiger partial charge in [-0.1, -0.05) is 44.2 Å².